The Kier molecular flexibility index (Phi) is 6.86. The Morgan fingerprint density at radius 1 is 1.38 bits per heavy atom. The Labute approximate surface area is 104 Å². The summed E-state index contributed by atoms with van der Waals surface area (Å²) < 4.78 is 0. The van der Waals surface area contributed by atoms with Crippen LogP contribution in [0.1, 0.15) is 51.9 Å². The van der Waals surface area contributed by atoms with Crippen molar-refractivity contribution in [3.63, 3.8) is 0 Å². The lowest BCUT2D eigenvalue weighted by molar-refractivity contribution is -0.121. The van der Waals surface area contributed by atoms with Gasteiger partial charge in [-0.3, -0.25) is 4.79 Å². The summed E-state index contributed by atoms with van der Waals surface area (Å²) in [6.07, 6.45) is 7.74. The van der Waals surface area contributed by atoms with E-state index in [4.69, 9.17) is 11.6 Å². The first-order valence-corrected chi connectivity index (χ1v) is 7.08. The van der Waals surface area contributed by atoms with Gasteiger partial charge in [0, 0.05) is 18.8 Å². The molecule has 94 valence electrons. The zero-order valence-corrected chi connectivity index (χ0v) is 11.1. The van der Waals surface area contributed by atoms with Crippen LogP contribution < -0.4 is 5.32 Å². The van der Waals surface area contributed by atoms with Crippen LogP contribution in [0.4, 0.5) is 0 Å². The van der Waals surface area contributed by atoms with Crippen LogP contribution in [-0.2, 0) is 4.79 Å². The SMILES string of the molecule is CC1CCCC(CNC(=O)CCCCCl)C1. The molecule has 2 unspecified atom stereocenters. The molecule has 1 fully saturated rings. The molecule has 3 heteroatoms. The molecule has 0 aromatic heterocycles. The maximum Gasteiger partial charge on any atom is 0.220 e. The van der Waals surface area contributed by atoms with Crippen molar-refractivity contribution in [2.45, 2.75) is 51.9 Å². The molecule has 2 atom stereocenters. The number of halogens is 1. The fourth-order valence-electron chi connectivity index (χ4n) is 2.47. The lowest BCUT2D eigenvalue weighted by atomic mass is 9.82. The molecule has 0 radical (unpaired) electrons. The highest BCUT2D eigenvalue weighted by Gasteiger charge is 2.18. The highest BCUT2D eigenvalue weighted by Crippen LogP contribution is 2.27. The zero-order valence-electron chi connectivity index (χ0n) is 10.3. The fraction of sp³-hybridized carbons (Fsp3) is 0.923. The number of carbonyl (C=O) groups excluding carboxylic acids is 1. The Morgan fingerprint density at radius 3 is 2.88 bits per heavy atom. The lowest BCUT2D eigenvalue weighted by Crippen LogP contribution is -2.31. The normalized spacial score (nSPS) is 25.4. The molecule has 0 spiro atoms. The van der Waals surface area contributed by atoms with Crippen molar-refractivity contribution in [2.24, 2.45) is 11.8 Å². The van der Waals surface area contributed by atoms with E-state index in [9.17, 15) is 4.79 Å². The van der Waals surface area contributed by atoms with Gasteiger partial charge in [0.1, 0.15) is 0 Å². The van der Waals surface area contributed by atoms with Crippen LogP contribution in [0.5, 0.6) is 0 Å². The molecule has 1 amide bonds. The molecule has 1 saturated carbocycles. The van der Waals surface area contributed by atoms with E-state index in [2.05, 4.69) is 12.2 Å². The second-order valence-electron chi connectivity index (χ2n) is 5.09. The van der Waals surface area contributed by atoms with Crippen molar-refractivity contribution in [3.8, 4) is 0 Å². The van der Waals surface area contributed by atoms with Crippen LogP contribution in [0, 0.1) is 11.8 Å². The monoisotopic (exact) mass is 245 g/mol. The predicted octanol–water partition coefficient (Wildman–Crippen LogP) is 3.34. The molecule has 16 heavy (non-hydrogen) atoms. The van der Waals surface area contributed by atoms with Crippen molar-refractivity contribution in [3.05, 3.63) is 0 Å². The minimum Gasteiger partial charge on any atom is -0.356 e. The first kappa shape index (κ1) is 13.8. The second kappa shape index (κ2) is 7.94. The molecule has 0 saturated heterocycles. The van der Waals surface area contributed by atoms with Crippen LogP contribution in [0.3, 0.4) is 0 Å². The number of carbonyl (C=O) groups is 1. The third kappa shape index (κ3) is 5.74. The van der Waals surface area contributed by atoms with Gasteiger partial charge < -0.3 is 5.32 Å². The van der Waals surface area contributed by atoms with Crippen LogP contribution in [0.15, 0.2) is 0 Å². The summed E-state index contributed by atoms with van der Waals surface area (Å²) in [5, 5.41) is 3.05. The predicted molar refractivity (Wildman–Crippen MR) is 68.7 cm³/mol. The van der Waals surface area contributed by atoms with Crippen molar-refractivity contribution in [1.29, 1.82) is 0 Å². The Morgan fingerprint density at radius 2 is 2.19 bits per heavy atom. The van der Waals surface area contributed by atoms with Gasteiger partial charge in [0.05, 0.1) is 0 Å². The fourth-order valence-corrected chi connectivity index (χ4v) is 2.66. The second-order valence-corrected chi connectivity index (χ2v) is 5.47. The summed E-state index contributed by atoms with van der Waals surface area (Å²) in [6, 6.07) is 0. The maximum absolute atomic E-state index is 11.5. The number of hydrogen-bond acceptors (Lipinski definition) is 1. The van der Waals surface area contributed by atoms with Crippen LogP contribution >= 0.6 is 11.6 Å². The van der Waals surface area contributed by atoms with Gasteiger partial charge in [0.25, 0.3) is 0 Å². The molecule has 1 aliphatic rings. The van der Waals surface area contributed by atoms with Gasteiger partial charge in [-0.25, -0.2) is 0 Å². The third-order valence-corrected chi connectivity index (χ3v) is 3.69. The quantitative estimate of drug-likeness (QED) is 0.565. The summed E-state index contributed by atoms with van der Waals surface area (Å²) in [5.41, 5.74) is 0. The van der Waals surface area contributed by atoms with Crippen molar-refractivity contribution < 1.29 is 4.79 Å². The van der Waals surface area contributed by atoms with E-state index in [0.717, 1.165) is 25.3 Å². The largest absolute Gasteiger partial charge is 0.356 e. The minimum atomic E-state index is 0.198. The van der Waals surface area contributed by atoms with Crippen molar-refractivity contribution in [1.82, 2.24) is 5.32 Å². The third-order valence-electron chi connectivity index (χ3n) is 3.42. The van der Waals surface area contributed by atoms with E-state index in [-0.39, 0.29) is 5.91 Å². The minimum absolute atomic E-state index is 0.198. The number of rotatable bonds is 6. The van der Waals surface area contributed by atoms with Gasteiger partial charge >= 0.3 is 0 Å². The molecule has 0 aromatic carbocycles. The van der Waals surface area contributed by atoms with Gasteiger partial charge in [-0.1, -0.05) is 19.8 Å². The number of alkyl halides is 1. The molecular formula is C13H24ClNO. The van der Waals surface area contributed by atoms with Gasteiger partial charge in [-0.15, -0.1) is 11.6 Å². The molecule has 0 heterocycles. The van der Waals surface area contributed by atoms with Gasteiger partial charge in [-0.05, 0) is 37.5 Å². The number of amides is 1. The number of unbranched alkanes of at least 4 members (excludes halogenated alkanes) is 1. The summed E-state index contributed by atoms with van der Waals surface area (Å²) in [5.74, 6) is 2.41. The van der Waals surface area contributed by atoms with E-state index in [1.54, 1.807) is 0 Å². The topological polar surface area (TPSA) is 29.1 Å². The number of nitrogens with one attached hydrogen (secondary N) is 1. The van der Waals surface area contributed by atoms with Crippen molar-refractivity contribution in [2.75, 3.05) is 12.4 Å². The zero-order chi connectivity index (χ0) is 11.8. The smallest absolute Gasteiger partial charge is 0.220 e. The Bertz CT molecular complexity index is 208. The first-order valence-electron chi connectivity index (χ1n) is 6.55. The van der Waals surface area contributed by atoms with E-state index in [1.165, 1.54) is 25.7 Å². The summed E-state index contributed by atoms with van der Waals surface area (Å²) in [6.45, 7) is 3.19. The Balaban J connectivity index is 2.06. The van der Waals surface area contributed by atoms with E-state index < -0.39 is 0 Å². The molecular weight excluding hydrogens is 222 g/mol. The lowest BCUT2D eigenvalue weighted by Gasteiger charge is -2.26. The molecule has 1 rings (SSSR count). The molecule has 0 bridgehead atoms. The molecule has 1 aliphatic carbocycles. The van der Waals surface area contributed by atoms with Crippen molar-refractivity contribution >= 4 is 17.5 Å². The molecule has 0 aliphatic heterocycles. The van der Waals surface area contributed by atoms with Gasteiger partial charge in [0.2, 0.25) is 5.91 Å². The maximum atomic E-state index is 11.5. The van der Waals surface area contributed by atoms with Gasteiger partial charge in [-0.2, -0.15) is 0 Å². The summed E-state index contributed by atoms with van der Waals surface area (Å²) in [7, 11) is 0. The van der Waals surface area contributed by atoms with Crippen LogP contribution in [0.2, 0.25) is 0 Å². The highest BCUT2D eigenvalue weighted by atomic mass is 35.5. The molecule has 0 aromatic rings. The highest BCUT2D eigenvalue weighted by molar-refractivity contribution is 6.17. The first-order chi connectivity index (χ1) is 7.72. The average Bonchev–Trinajstić information content (AvgIpc) is 2.27. The summed E-state index contributed by atoms with van der Waals surface area (Å²) in [4.78, 5) is 11.5. The number of hydrogen-bond donors (Lipinski definition) is 1. The Hall–Kier alpha value is -0.240. The average molecular weight is 246 g/mol. The standard InChI is InChI=1S/C13H24ClNO/c1-11-5-4-6-12(9-11)10-15-13(16)7-2-3-8-14/h11-12H,2-10H2,1H3,(H,15,16). The van der Waals surface area contributed by atoms with Crippen LogP contribution in [-0.4, -0.2) is 18.3 Å². The molecule has 1 N–H and O–H groups in total. The van der Waals surface area contributed by atoms with E-state index >= 15 is 0 Å². The van der Waals surface area contributed by atoms with E-state index in [1.807, 2.05) is 0 Å². The summed E-state index contributed by atoms with van der Waals surface area (Å²) >= 11 is 5.57. The molecule has 2 nitrogen and oxygen atoms in total. The van der Waals surface area contributed by atoms with Gasteiger partial charge in [0.15, 0.2) is 0 Å². The van der Waals surface area contributed by atoms with Crippen LogP contribution in [0.25, 0.3) is 0 Å². The van der Waals surface area contributed by atoms with E-state index in [0.29, 0.717) is 18.2 Å².